The standard InChI is InChI=1S/C6H15ClO2Si/c1-6(2)5-10(7,8-3)9-4/h6H,5H2,1-4H3. The van der Waals surface area contributed by atoms with Gasteiger partial charge in [0, 0.05) is 20.3 Å². The molecule has 0 aromatic carbocycles. The predicted octanol–water partition coefficient (Wildman–Crippen LogP) is 2.11. The Morgan fingerprint density at radius 1 is 1.30 bits per heavy atom. The van der Waals surface area contributed by atoms with Gasteiger partial charge in [0.2, 0.25) is 0 Å². The Morgan fingerprint density at radius 2 is 1.70 bits per heavy atom. The first-order chi connectivity index (χ1) is 4.54. The minimum Gasteiger partial charge on any atom is -0.386 e. The van der Waals surface area contributed by atoms with E-state index < -0.39 is 7.87 Å². The minimum atomic E-state index is -2.29. The molecule has 4 heteroatoms. The molecule has 0 aliphatic carbocycles. The molecule has 0 saturated heterocycles. The van der Waals surface area contributed by atoms with Gasteiger partial charge in [0.05, 0.1) is 0 Å². The lowest BCUT2D eigenvalue weighted by molar-refractivity contribution is 0.260. The summed E-state index contributed by atoms with van der Waals surface area (Å²) in [4.78, 5) is 0. The fourth-order valence-corrected chi connectivity index (χ4v) is 3.14. The van der Waals surface area contributed by atoms with Crippen LogP contribution in [0.5, 0.6) is 0 Å². The lowest BCUT2D eigenvalue weighted by Gasteiger charge is -2.20. The second kappa shape index (κ2) is 4.33. The molecular formula is C6H15ClO2Si. The van der Waals surface area contributed by atoms with Crippen LogP contribution in [0.2, 0.25) is 6.04 Å². The van der Waals surface area contributed by atoms with E-state index in [-0.39, 0.29) is 0 Å². The first-order valence-corrected chi connectivity index (χ1v) is 6.37. The van der Waals surface area contributed by atoms with Crippen LogP contribution < -0.4 is 0 Å². The maximum atomic E-state index is 6.00. The first-order valence-electron chi connectivity index (χ1n) is 3.33. The third kappa shape index (κ3) is 3.56. The summed E-state index contributed by atoms with van der Waals surface area (Å²) in [6, 6.07) is 0.835. The van der Waals surface area contributed by atoms with Gasteiger partial charge in [0.1, 0.15) is 0 Å². The zero-order chi connectivity index (χ0) is 8.20. The van der Waals surface area contributed by atoms with Crippen molar-refractivity contribution < 1.29 is 8.85 Å². The van der Waals surface area contributed by atoms with Crippen molar-refractivity contribution in [3.63, 3.8) is 0 Å². The van der Waals surface area contributed by atoms with E-state index in [0.29, 0.717) is 5.92 Å². The van der Waals surface area contributed by atoms with Crippen LogP contribution in [0.25, 0.3) is 0 Å². The summed E-state index contributed by atoms with van der Waals surface area (Å²) >= 11 is 6.00. The Kier molecular flexibility index (Phi) is 4.52. The van der Waals surface area contributed by atoms with Crippen LogP contribution in [-0.4, -0.2) is 22.1 Å². The molecule has 0 unspecified atom stereocenters. The monoisotopic (exact) mass is 182 g/mol. The molecule has 0 heterocycles. The molecule has 0 atom stereocenters. The van der Waals surface area contributed by atoms with E-state index in [1.165, 1.54) is 0 Å². The van der Waals surface area contributed by atoms with Crippen molar-refractivity contribution in [1.29, 1.82) is 0 Å². The molecule has 0 aliphatic rings. The second-order valence-electron chi connectivity index (χ2n) is 2.67. The smallest absolute Gasteiger partial charge is 0.386 e. The highest BCUT2D eigenvalue weighted by atomic mass is 35.6. The van der Waals surface area contributed by atoms with Crippen molar-refractivity contribution in [3.8, 4) is 0 Å². The molecule has 0 saturated carbocycles. The highest BCUT2D eigenvalue weighted by Gasteiger charge is 2.33. The van der Waals surface area contributed by atoms with Gasteiger partial charge in [0.25, 0.3) is 0 Å². The normalized spacial score (nSPS) is 12.6. The second-order valence-corrected chi connectivity index (χ2v) is 6.94. The van der Waals surface area contributed by atoms with Gasteiger partial charge < -0.3 is 8.85 Å². The topological polar surface area (TPSA) is 18.5 Å². The van der Waals surface area contributed by atoms with Crippen molar-refractivity contribution in [1.82, 2.24) is 0 Å². The van der Waals surface area contributed by atoms with Gasteiger partial charge in [-0.3, -0.25) is 0 Å². The van der Waals surface area contributed by atoms with Crippen LogP contribution in [0.15, 0.2) is 0 Å². The first kappa shape index (κ1) is 10.4. The van der Waals surface area contributed by atoms with Crippen LogP contribution in [0.1, 0.15) is 13.8 Å². The molecule has 62 valence electrons. The van der Waals surface area contributed by atoms with Gasteiger partial charge in [-0.1, -0.05) is 24.9 Å². The van der Waals surface area contributed by atoms with E-state index in [4.69, 9.17) is 19.9 Å². The van der Waals surface area contributed by atoms with Gasteiger partial charge in [-0.25, -0.2) is 0 Å². The van der Waals surface area contributed by atoms with Crippen molar-refractivity contribution in [2.45, 2.75) is 19.9 Å². The van der Waals surface area contributed by atoms with E-state index >= 15 is 0 Å². The molecule has 10 heavy (non-hydrogen) atoms. The van der Waals surface area contributed by atoms with Crippen LogP contribution in [0.3, 0.4) is 0 Å². The molecule has 2 nitrogen and oxygen atoms in total. The SMILES string of the molecule is CO[Si](Cl)(CC(C)C)OC. The van der Waals surface area contributed by atoms with Crippen molar-refractivity contribution >= 4 is 18.9 Å². The van der Waals surface area contributed by atoms with E-state index in [2.05, 4.69) is 13.8 Å². The Labute approximate surface area is 68.4 Å². The molecule has 0 fully saturated rings. The molecule has 0 aliphatic heterocycles. The predicted molar refractivity (Wildman–Crippen MR) is 45.3 cm³/mol. The summed E-state index contributed by atoms with van der Waals surface area (Å²) in [6.07, 6.45) is 0. The molecule has 0 amide bonds. The van der Waals surface area contributed by atoms with Crippen LogP contribution in [0.4, 0.5) is 0 Å². The van der Waals surface area contributed by atoms with Crippen LogP contribution >= 0.6 is 11.1 Å². The molecule has 0 N–H and O–H groups in total. The van der Waals surface area contributed by atoms with Crippen molar-refractivity contribution in [2.75, 3.05) is 14.2 Å². The molecule has 0 radical (unpaired) electrons. The average Bonchev–Trinajstić information content (AvgIpc) is 1.87. The highest BCUT2D eigenvalue weighted by Crippen LogP contribution is 2.21. The maximum absolute atomic E-state index is 6.00. The molecule has 0 spiro atoms. The summed E-state index contributed by atoms with van der Waals surface area (Å²) in [5.41, 5.74) is 0. The van der Waals surface area contributed by atoms with E-state index in [0.717, 1.165) is 6.04 Å². The van der Waals surface area contributed by atoms with Gasteiger partial charge in [-0.2, -0.15) is 0 Å². The van der Waals surface area contributed by atoms with Gasteiger partial charge in [-0.15, -0.1) is 0 Å². The Morgan fingerprint density at radius 3 is 1.80 bits per heavy atom. The lowest BCUT2D eigenvalue weighted by atomic mass is 10.3. The summed E-state index contributed by atoms with van der Waals surface area (Å²) in [5.74, 6) is 0.532. The van der Waals surface area contributed by atoms with E-state index in [9.17, 15) is 0 Å². The average molecular weight is 183 g/mol. The fraction of sp³-hybridized carbons (Fsp3) is 1.00. The quantitative estimate of drug-likeness (QED) is 0.490. The Bertz CT molecular complexity index is 93.7. The van der Waals surface area contributed by atoms with Gasteiger partial charge in [0.15, 0.2) is 0 Å². The molecule has 0 aromatic heterocycles. The highest BCUT2D eigenvalue weighted by molar-refractivity contribution is 7.12. The van der Waals surface area contributed by atoms with Crippen LogP contribution in [0, 0.1) is 5.92 Å². The molecular weight excluding hydrogens is 168 g/mol. The summed E-state index contributed by atoms with van der Waals surface area (Å²) in [5, 5.41) is 0. The summed E-state index contributed by atoms with van der Waals surface area (Å²) < 4.78 is 10.2. The molecule has 0 aromatic rings. The zero-order valence-electron chi connectivity index (χ0n) is 6.98. The zero-order valence-corrected chi connectivity index (χ0v) is 8.73. The summed E-state index contributed by atoms with van der Waals surface area (Å²) in [6.45, 7) is 4.20. The van der Waals surface area contributed by atoms with Gasteiger partial charge in [-0.05, 0) is 5.92 Å². The number of hydrogen-bond acceptors (Lipinski definition) is 2. The minimum absolute atomic E-state index is 0.532. The largest absolute Gasteiger partial charge is 0.442 e. The van der Waals surface area contributed by atoms with Crippen LogP contribution in [-0.2, 0) is 8.85 Å². The third-order valence-corrected chi connectivity index (χ3v) is 5.17. The molecule has 0 rings (SSSR count). The van der Waals surface area contributed by atoms with E-state index in [1.807, 2.05) is 0 Å². The fourth-order valence-electron chi connectivity index (χ4n) is 0.738. The van der Waals surface area contributed by atoms with Crippen molar-refractivity contribution in [2.24, 2.45) is 5.92 Å². The summed E-state index contributed by atoms with van der Waals surface area (Å²) in [7, 11) is 0.916. The lowest BCUT2D eigenvalue weighted by Crippen LogP contribution is -2.34. The number of halogens is 1. The van der Waals surface area contributed by atoms with E-state index in [1.54, 1.807) is 14.2 Å². The van der Waals surface area contributed by atoms with Crippen molar-refractivity contribution in [3.05, 3.63) is 0 Å². The number of hydrogen-bond donors (Lipinski definition) is 0. The third-order valence-electron chi connectivity index (χ3n) is 1.26. The maximum Gasteiger partial charge on any atom is 0.442 e. The van der Waals surface area contributed by atoms with Gasteiger partial charge >= 0.3 is 7.87 Å². The Hall–Kier alpha value is 0.427. The molecule has 0 bridgehead atoms. The Balaban J connectivity index is 3.80. The number of rotatable bonds is 4.